The average Bonchev–Trinajstić information content (AvgIpc) is 2.73. The molecule has 0 saturated heterocycles. The number of hydrogen-bond donors (Lipinski definition) is 1. The summed E-state index contributed by atoms with van der Waals surface area (Å²) in [7, 11) is 0. The van der Waals surface area contributed by atoms with Crippen molar-refractivity contribution in [3.63, 3.8) is 0 Å². The van der Waals surface area contributed by atoms with Crippen LogP contribution in [0.25, 0.3) is 0 Å². The van der Waals surface area contributed by atoms with Crippen LogP contribution in [0.3, 0.4) is 0 Å². The second-order valence-corrected chi connectivity index (χ2v) is 3.87. The van der Waals surface area contributed by atoms with Crippen molar-refractivity contribution in [3.8, 4) is 0 Å². The summed E-state index contributed by atoms with van der Waals surface area (Å²) < 4.78 is 18.9. The van der Waals surface area contributed by atoms with Crippen LogP contribution in [-0.2, 0) is 11.3 Å². The molecule has 0 atom stereocenters. The molecule has 2 rings (SSSR count). The number of nitrogens with one attached hydrogen (secondary N) is 1. The number of anilines is 1. The number of benzene rings is 1. The maximum atomic E-state index is 12.8. The van der Waals surface area contributed by atoms with Crippen molar-refractivity contribution in [2.75, 3.05) is 5.32 Å². The van der Waals surface area contributed by atoms with Crippen molar-refractivity contribution in [1.82, 2.24) is 5.27 Å². The van der Waals surface area contributed by atoms with Gasteiger partial charge in [-0.2, -0.15) is 0 Å². The van der Waals surface area contributed by atoms with Crippen LogP contribution < -0.4 is 10.00 Å². The Bertz CT molecular complexity index is 607. The van der Waals surface area contributed by atoms with Gasteiger partial charge in [0, 0.05) is 12.5 Å². The fraction of sp³-hybridized carbons (Fsp3) is 0.167. The highest BCUT2D eigenvalue weighted by Crippen LogP contribution is 2.09. The van der Waals surface area contributed by atoms with Crippen LogP contribution >= 0.6 is 0 Å². The first-order valence-electron chi connectivity index (χ1n) is 5.47. The number of nitrogens with zero attached hydrogens (tertiary/aromatic N) is 2. The molecular formula is C12H11FN3O3+. The normalized spacial score (nSPS) is 10.2. The molecule has 6 nitrogen and oxygen atoms in total. The zero-order valence-electron chi connectivity index (χ0n) is 10.1. The third-order valence-corrected chi connectivity index (χ3v) is 2.39. The molecule has 2 aromatic rings. The highest BCUT2D eigenvalue weighted by atomic mass is 19.1. The van der Waals surface area contributed by atoms with Crippen molar-refractivity contribution in [1.29, 1.82) is 0 Å². The van der Waals surface area contributed by atoms with Crippen LogP contribution in [-0.4, -0.2) is 17.5 Å². The minimum Gasteiger partial charge on any atom is -0.291 e. The number of amides is 1. The second-order valence-electron chi connectivity index (χ2n) is 3.87. The van der Waals surface area contributed by atoms with Crippen molar-refractivity contribution in [2.24, 2.45) is 0 Å². The van der Waals surface area contributed by atoms with E-state index in [1.807, 2.05) is 0 Å². The summed E-state index contributed by atoms with van der Waals surface area (Å²) >= 11 is 0. The molecule has 0 aliphatic rings. The molecule has 7 heteroatoms. The van der Waals surface area contributed by atoms with Crippen molar-refractivity contribution in [2.45, 2.75) is 13.5 Å². The van der Waals surface area contributed by atoms with Gasteiger partial charge in [-0.1, -0.05) is 0 Å². The van der Waals surface area contributed by atoms with Crippen LogP contribution in [0, 0.1) is 5.82 Å². The summed E-state index contributed by atoms with van der Waals surface area (Å²) in [5, 5.41) is 6.02. The Labute approximate surface area is 107 Å². The lowest BCUT2D eigenvalue weighted by Crippen LogP contribution is -2.40. The van der Waals surface area contributed by atoms with E-state index in [1.165, 1.54) is 23.7 Å². The third-order valence-electron chi connectivity index (χ3n) is 2.39. The zero-order valence-corrected chi connectivity index (χ0v) is 10.1. The molecule has 19 heavy (non-hydrogen) atoms. The van der Waals surface area contributed by atoms with Gasteiger partial charge in [0.25, 0.3) is 0 Å². The first-order chi connectivity index (χ1) is 9.10. The molecule has 1 amide bonds. The van der Waals surface area contributed by atoms with Gasteiger partial charge in [0.1, 0.15) is 5.82 Å². The fourth-order valence-corrected chi connectivity index (χ4v) is 1.54. The van der Waals surface area contributed by atoms with Crippen LogP contribution in [0.1, 0.15) is 23.0 Å². The minimum absolute atomic E-state index is 0.00962. The van der Waals surface area contributed by atoms with E-state index >= 15 is 0 Å². The van der Waals surface area contributed by atoms with Gasteiger partial charge in [0.05, 0.1) is 0 Å². The molecule has 0 unspecified atom stereocenters. The van der Waals surface area contributed by atoms with Crippen LogP contribution in [0.15, 0.2) is 28.8 Å². The van der Waals surface area contributed by atoms with E-state index in [1.54, 1.807) is 12.1 Å². The number of carbonyl (C=O) groups is 2. The molecule has 1 heterocycles. The van der Waals surface area contributed by atoms with E-state index < -0.39 is 0 Å². The molecule has 0 saturated carbocycles. The molecular weight excluding hydrogens is 253 g/mol. The molecule has 1 aromatic heterocycles. The van der Waals surface area contributed by atoms with Gasteiger partial charge in [-0.15, -0.1) is 0 Å². The predicted octanol–water partition coefficient (Wildman–Crippen LogP) is 0.920. The summed E-state index contributed by atoms with van der Waals surface area (Å²) in [6.07, 6.45) is 0.533. The largest absolute Gasteiger partial charge is 0.337 e. The molecule has 1 N–H and O–H groups in total. The molecule has 0 aliphatic heterocycles. The number of halogens is 1. The van der Waals surface area contributed by atoms with Gasteiger partial charge in [-0.3, -0.25) is 19.4 Å². The van der Waals surface area contributed by atoms with Crippen molar-refractivity contribution >= 4 is 18.1 Å². The average molecular weight is 264 g/mol. The number of rotatable bonds is 4. The minimum atomic E-state index is -0.367. The highest BCUT2D eigenvalue weighted by Gasteiger charge is 2.25. The Kier molecular flexibility index (Phi) is 3.65. The lowest BCUT2D eigenvalue weighted by Gasteiger charge is -1.94. The molecule has 0 bridgehead atoms. The quantitative estimate of drug-likeness (QED) is 0.658. The van der Waals surface area contributed by atoms with Gasteiger partial charge >= 0.3 is 11.6 Å². The molecule has 98 valence electrons. The predicted molar refractivity (Wildman–Crippen MR) is 61.9 cm³/mol. The first-order valence-corrected chi connectivity index (χ1v) is 5.47. The van der Waals surface area contributed by atoms with Gasteiger partial charge < -0.3 is 0 Å². The summed E-state index contributed by atoms with van der Waals surface area (Å²) in [4.78, 5) is 21.9. The zero-order chi connectivity index (χ0) is 13.8. The summed E-state index contributed by atoms with van der Waals surface area (Å²) in [6.45, 7) is 1.53. The van der Waals surface area contributed by atoms with E-state index in [9.17, 15) is 14.0 Å². The molecule has 1 aromatic carbocycles. The highest BCUT2D eigenvalue weighted by molar-refractivity contribution is 5.91. The Morgan fingerprint density at radius 2 is 2.16 bits per heavy atom. The topological polar surface area (TPSA) is 76.1 Å². The lowest BCUT2D eigenvalue weighted by atomic mass is 10.2. The second kappa shape index (κ2) is 5.38. The summed E-state index contributed by atoms with van der Waals surface area (Å²) in [6, 6.07) is 5.77. The monoisotopic (exact) mass is 264 g/mol. The fourth-order valence-electron chi connectivity index (χ4n) is 1.54. The Morgan fingerprint density at radius 1 is 1.47 bits per heavy atom. The van der Waals surface area contributed by atoms with Gasteiger partial charge in [-0.05, 0) is 28.9 Å². The van der Waals surface area contributed by atoms with Crippen molar-refractivity contribution in [3.05, 3.63) is 41.3 Å². The van der Waals surface area contributed by atoms with Crippen LogP contribution in [0.5, 0.6) is 0 Å². The number of hydrogen-bond acceptors (Lipinski definition) is 4. The number of carbonyl (C=O) groups excluding carboxylic acids is 2. The van der Waals surface area contributed by atoms with Gasteiger partial charge in [0.2, 0.25) is 24.0 Å². The Balaban J connectivity index is 2.25. The van der Waals surface area contributed by atoms with E-state index in [4.69, 9.17) is 4.52 Å². The van der Waals surface area contributed by atoms with E-state index in [0.29, 0.717) is 6.29 Å². The molecule has 0 radical (unpaired) electrons. The van der Waals surface area contributed by atoms with Crippen molar-refractivity contribution < 1.29 is 23.2 Å². The Morgan fingerprint density at radius 3 is 2.74 bits per heavy atom. The standard InChI is InChI=1S/C12H10FN3O3/c1-8(18)14-12-11(7-17)16(15-19-12)6-9-2-4-10(13)5-3-9/h2-5,7H,6H2,1H3/p+1. The molecule has 0 aliphatic carbocycles. The summed E-state index contributed by atoms with van der Waals surface area (Å²) in [5.74, 6) is -0.721. The van der Waals surface area contributed by atoms with E-state index in [-0.39, 0.29) is 29.8 Å². The third kappa shape index (κ3) is 3.01. The smallest absolute Gasteiger partial charge is 0.291 e. The molecule has 0 fully saturated rings. The number of aldehydes is 1. The van der Waals surface area contributed by atoms with Gasteiger partial charge in [-0.25, -0.2) is 4.39 Å². The maximum absolute atomic E-state index is 12.8. The van der Waals surface area contributed by atoms with E-state index in [0.717, 1.165) is 5.56 Å². The summed E-state index contributed by atoms with van der Waals surface area (Å²) in [5.41, 5.74) is 0.858. The van der Waals surface area contributed by atoms with Crippen LogP contribution in [0.4, 0.5) is 10.3 Å². The molecule has 0 spiro atoms. The van der Waals surface area contributed by atoms with Crippen LogP contribution in [0.2, 0.25) is 0 Å². The van der Waals surface area contributed by atoms with Gasteiger partial charge in [0.15, 0.2) is 0 Å². The SMILES string of the molecule is CC(=O)Nc1on[n+](Cc2ccc(F)cc2)c1C=O. The Hall–Kier alpha value is -2.57. The lowest BCUT2D eigenvalue weighted by molar-refractivity contribution is -0.755. The number of aromatic nitrogens is 2. The van der Waals surface area contributed by atoms with E-state index in [2.05, 4.69) is 10.6 Å². The maximum Gasteiger partial charge on any atom is 0.337 e. The first kappa shape index (κ1) is 12.9.